The van der Waals surface area contributed by atoms with E-state index >= 15 is 0 Å². The van der Waals surface area contributed by atoms with Crippen molar-refractivity contribution in [2.75, 3.05) is 19.6 Å². The molecule has 0 aliphatic carbocycles. The number of nitrogens with one attached hydrogen (secondary N) is 1. The van der Waals surface area contributed by atoms with E-state index in [0.717, 1.165) is 11.1 Å². The van der Waals surface area contributed by atoms with Gasteiger partial charge in [-0.15, -0.1) is 0 Å². The first-order chi connectivity index (χ1) is 13.3. The standard InChI is InChI=1S/C19H22N2O6S/c22-18(20-12-11-16-7-3-1-4-8-16)14-21(13-17-9-5-2-6-10-17)15-19(23)27-28(24,25)26/h1-10H,11-15H2,(H,20,22)(H,24,25,26). The summed E-state index contributed by atoms with van der Waals surface area (Å²) in [5.74, 6) is -1.48. The summed E-state index contributed by atoms with van der Waals surface area (Å²) >= 11 is 0. The number of carbonyl (C=O) groups is 2. The molecule has 9 heteroatoms. The molecule has 0 unspecified atom stereocenters. The SMILES string of the molecule is O=C(CN(CC(=O)OS(=O)(=O)O)Cc1ccccc1)NCCc1ccccc1. The van der Waals surface area contributed by atoms with Crippen molar-refractivity contribution in [1.82, 2.24) is 10.2 Å². The molecule has 28 heavy (non-hydrogen) atoms. The second kappa shape index (κ2) is 10.5. The van der Waals surface area contributed by atoms with Gasteiger partial charge in [-0.3, -0.25) is 14.2 Å². The van der Waals surface area contributed by atoms with Gasteiger partial charge < -0.3 is 9.50 Å². The van der Waals surface area contributed by atoms with Crippen molar-refractivity contribution in [3.63, 3.8) is 0 Å². The van der Waals surface area contributed by atoms with Crippen LogP contribution in [-0.2, 0) is 37.1 Å². The highest BCUT2D eigenvalue weighted by molar-refractivity contribution is 7.81. The lowest BCUT2D eigenvalue weighted by Gasteiger charge is -2.20. The normalized spacial score (nSPS) is 11.2. The average Bonchev–Trinajstić information content (AvgIpc) is 2.61. The van der Waals surface area contributed by atoms with E-state index in [1.165, 1.54) is 4.90 Å². The quantitative estimate of drug-likeness (QED) is 0.570. The molecule has 8 nitrogen and oxygen atoms in total. The van der Waals surface area contributed by atoms with Crippen LogP contribution >= 0.6 is 0 Å². The van der Waals surface area contributed by atoms with E-state index in [1.807, 2.05) is 60.7 Å². The number of rotatable bonds is 10. The fraction of sp³-hybridized carbons (Fsp3) is 0.263. The Balaban J connectivity index is 1.91. The van der Waals surface area contributed by atoms with E-state index in [9.17, 15) is 18.0 Å². The van der Waals surface area contributed by atoms with Gasteiger partial charge in [0.25, 0.3) is 0 Å². The summed E-state index contributed by atoms with van der Waals surface area (Å²) in [6.07, 6.45) is 0.663. The van der Waals surface area contributed by atoms with Gasteiger partial charge in [0.1, 0.15) is 0 Å². The second-order valence-corrected chi connectivity index (χ2v) is 7.12. The highest BCUT2D eigenvalue weighted by atomic mass is 32.3. The zero-order chi connectivity index (χ0) is 20.4. The van der Waals surface area contributed by atoms with Crippen LogP contribution in [0.15, 0.2) is 60.7 Å². The molecule has 0 aromatic heterocycles. The van der Waals surface area contributed by atoms with Crippen LogP contribution in [-0.4, -0.2) is 49.4 Å². The number of hydrogen-bond donors (Lipinski definition) is 2. The molecule has 2 aromatic rings. The van der Waals surface area contributed by atoms with Crippen molar-refractivity contribution in [3.05, 3.63) is 71.8 Å². The van der Waals surface area contributed by atoms with Crippen molar-refractivity contribution in [2.45, 2.75) is 13.0 Å². The first-order valence-corrected chi connectivity index (χ1v) is 9.95. The molecule has 0 spiro atoms. The molecule has 2 rings (SSSR count). The molecule has 0 radical (unpaired) electrons. The summed E-state index contributed by atoms with van der Waals surface area (Å²) in [6.45, 7) is 0.0516. The maximum absolute atomic E-state index is 12.2. The van der Waals surface area contributed by atoms with Crippen molar-refractivity contribution in [3.8, 4) is 0 Å². The maximum Gasteiger partial charge on any atom is 0.449 e. The lowest BCUT2D eigenvalue weighted by Crippen LogP contribution is -2.40. The van der Waals surface area contributed by atoms with E-state index < -0.39 is 22.9 Å². The zero-order valence-corrected chi connectivity index (χ0v) is 16.0. The van der Waals surface area contributed by atoms with Crippen molar-refractivity contribution >= 4 is 22.3 Å². The maximum atomic E-state index is 12.2. The molecule has 0 aliphatic heterocycles. The van der Waals surface area contributed by atoms with E-state index in [4.69, 9.17) is 4.55 Å². The smallest absolute Gasteiger partial charge is 0.355 e. The molecule has 0 saturated carbocycles. The van der Waals surface area contributed by atoms with Gasteiger partial charge in [-0.25, -0.2) is 4.79 Å². The number of carbonyl (C=O) groups excluding carboxylic acids is 2. The summed E-state index contributed by atoms with van der Waals surface area (Å²) in [7, 11) is -4.89. The minimum atomic E-state index is -4.89. The second-order valence-electron chi connectivity index (χ2n) is 6.10. The fourth-order valence-corrected chi connectivity index (χ4v) is 2.87. The molecule has 0 fully saturated rings. The minimum absolute atomic E-state index is 0.135. The van der Waals surface area contributed by atoms with Crippen molar-refractivity contribution in [2.24, 2.45) is 0 Å². The number of benzene rings is 2. The number of nitrogens with zero attached hydrogens (tertiary/aromatic N) is 1. The van der Waals surface area contributed by atoms with Crippen molar-refractivity contribution < 1.29 is 26.7 Å². The lowest BCUT2D eigenvalue weighted by atomic mass is 10.1. The van der Waals surface area contributed by atoms with E-state index in [1.54, 1.807) is 0 Å². The van der Waals surface area contributed by atoms with Crippen LogP contribution in [0.1, 0.15) is 11.1 Å². The van der Waals surface area contributed by atoms with Gasteiger partial charge in [-0.2, -0.15) is 8.42 Å². The van der Waals surface area contributed by atoms with E-state index in [-0.39, 0.29) is 19.0 Å². The van der Waals surface area contributed by atoms with Gasteiger partial charge in [0.05, 0.1) is 13.1 Å². The van der Waals surface area contributed by atoms with Crippen LogP contribution in [0.4, 0.5) is 0 Å². The van der Waals surface area contributed by atoms with Gasteiger partial charge in [0.15, 0.2) is 0 Å². The molecule has 2 N–H and O–H groups in total. The summed E-state index contributed by atoms with van der Waals surface area (Å²) in [5, 5.41) is 2.77. The first-order valence-electron chi connectivity index (χ1n) is 8.58. The lowest BCUT2D eigenvalue weighted by molar-refractivity contribution is -0.136. The van der Waals surface area contributed by atoms with E-state index in [2.05, 4.69) is 9.50 Å². The Hall–Kier alpha value is -2.75. The molecule has 0 heterocycles. The third-order valence-electron chi connectivity index (χ3n) is 3.75. The summed E-state index contributed by atoms with van der Waals surface area (Å²) < 4.78 is 34.0. The van der Waals surface area contributed by atoms with Crippen LogP contribution in [0.5, 0.6) is 0 Å². The monoisotopic (exact) mass is 406 g/mol. The summed E-state index contributed by atoms with van der Waals surface area (Å²) in [4.78, 5) is 25.4. The Bertz CT molecular complexity index is 872. The van der Waals surface area contributed by atoms with Gasteiger partial charge in [-0.1, -0.05) is 60.7 Å². The highest BCUT2D eigenvalue weighted by Crippen LogP contribution is 2.05. The Morgan fingerprint density at radius 2 is 1.50 bits per heavy atom. The molecular formula is C19H22N2O6S. The average molecular weight is 406 g/mol. The molecule has 0 aliphatic rings. The predicted octanol–water partition coefficient (Wildman–Crippen LogP) is 1.19. The molecule has 150 valence electrons. The number of hydrogen-bond acceptors (Lipinski definition) is 6. The molecule has 0 saturated heterocycles. The fourth-order valence-electron chi connectivity index (χ4n) is 2.59. The predicted molar refractivity (Wildman–Crippen MR) is 103 cm³/mol. The van der Waals surface area contributed by atoms with Gasteiger partial charge >= 0.3 is 16.4 Å². The first kappa shape index (κ1) is 21.5. The minimum Gasteiger partial charge on any atom is -0.355 e. The van der Waals surface area contributed by atoms with E-state index in [0.29, 0.717) is 13.0 Å². The van der Waals surface area contributed by atoms with Gasteiger partial charge in [0.2, 0.25) is 5.91 Å². The molecular weight excluding hydrogens is 384 g/mol. The van der Waals surface area contributed by atoms with Gasteiger partial charge in [-0.05, 0) is 17.5 Å². The zero-order valence-electron chi connectivity index (χ0n) is 15.2. The third-order valence-corrected chi connectivity index (χ3v) is 4.14. The van der Waals surface area contributed by atoms with Crippen LogP contribution in [0.25, 0.3) is 0 Å². The van der Waals surface area contributed by atoms with Crippen molar-refractivity contribution in [1.29, 1.82) is 0 Å². The van der Waals surface area contributed by atoms with Crippen LogP contribution in [0.2, 0.25) is 0 Å². The van der Waals surface area contributed by atoms with Crippen LogP contribution < -0.4 is 5.32 Å². The molecule has 0 atom stereocenters. The largest absolute Gasteiger partial charge is 0.449 e. The summed E-state index contributed by atoms with van der Waals surface area (Å²) in [6, 6.07) is 18.7. The Morgan fingerprint density at radius 1 is 0.929 bits per heavy atom. The topological polar surface area (TPSA) is 113 Å². The highest BCUT2D eigenvalue weighted by Gasteiger charge is 2.19. The number of amides is 1. The molecule has 0 bridgehead atoms. The Labute approximate surface area is 164 Å². The summed E-state index contributed by atoms with van der Waals surface area (Å²) in [5.41, 5.74) is 1.92. The Kier molecular flexibility index (Phi) is 8.12. The third kappa shape index (κ3) is 8.76. The molecule has 1 amide bonds. The van der Waals surface area contributed by atoms with Crippen LogP contribution in [0, 0.1) is 0 Å². The van der Waals surface area contributed by atoms with Gasteiger partial charge in [0, 0.05) is 13.1 Å². The molecule has 2 aromatic carbocycles. The van der Waals surface area contributed by atoms with Crippen LogP contribution in [0.3, 0.4) is 0 Å². The Morgan fingerprint density at radius 3 is 2.07 bits per heavy atom.